The van der Waals surface area contributed by atoms with Gasteiger partial charge in [0.25, 0.3) is 0 Å². The van der Waals surface area contributed by atoms with Crippen LogP contribution in [0.3, 0.4) is 0 Å². The minimum Gasteiger partial charge on any atom is -0.480 e. The van der Waals surface area contributed by atoms with Crippen molar-refractivity contribution in [1.29, 1.82) is 0 Å². The van der Waals surface area contributed by atoms with Gasteiger partial charge in [-0.15, -0.1) is 0 Å². The smallest absolute Gasteiger partial charge is 0.326 e. The zero-order valence-electron chi connectivity index (χ0n) is 16.5. The monoisotopic (exact) mass is 384 g/mol. The van der Waals surface area contributed by atoms with Gasteiger partial charge in [0.2, 0.25) is 17.7 Å². The van der Waals surface area contributed by atoms with Crippen molar-refractivity contribution in [3.8, 4) is 0 Å². The van der Waals surface area contributed by atoms with Crippen molar-refractivity contribution in [3.63, 3.8) is 0 Å². The first-order valence-electron chi connectivity index (χ1n) is 9.45. The molecule has 1 aliphatic rings. The quantitative estimate of drug-likeness (QED) is 0.348. The van der Waals surface area contributed by atoms with E-state index in [9.17, 15) is 19.2 Å². The second-order valence-electron chi connectivity index (χ2n) is 7.68. The second-order valence-corrected chi connectivity index (χ2v) is 7.68. The van der Waals surface area contributed by atoms with Crippen molar-refractivity contribution in [3.05, 3.63) is 0 Å². The van der Waals surface area contributed by atoms with Crippen LogP contribution >= 0.6 is 0 Å². The van der Waals surface area contributed by atoms with Gasteiger partial charge in [-0.05, 0) is 37.6 Å². The molecule has 0 aromatic carbocycles. The van der Waals surface area contributed by atoms with Crippen LogP contribution in [0, 0.1) is 11.8 Å². The minimum atomic E-state index is -1.13. The minimum absolute atomic E-state index is 0.170. The van der Waals surface area contributed by atoms with E-state index in [4.69, 9.17) is 5.11 Å². The zero-order chi connectivity index (χ0) is 20.6. The van der Waals surface area contributed by atoms with E-state index in [2.05, 4.69) is 21.3 Å². The van der Waals surface area contributed by atoms with E-state index in [0.29, 0.717) is 6.42 Å². The Bertz CT molecular complexity index is 544. The maximum Gasteiger partial charge on any atom is 0.326 e. The summed E-state index contributed by atoms with van der Waals surface area (Å²) < 4.78 is 0. The molecule has 154 valence electrons. The average molecular weight is 384 g/mol. The van der Waals surface area contributed by atoms with E-state index in [1.54, 1.807) is 13.8 Å². The van der Waals surface area contributed by atoms with Crippen LogP contribution in [0.15, 0.2) is 0 Å². The Balaban J connectivity index is 2.58. The van der Waals surface area contributed by atoms with Crippen LogP contribution in [-0.4, -0.2) is 60.0 Å². The van der Waals surface area contributed by atoms with Crippen LogP contribution in [-0.2, 0) is 19.2 Å². The summed E-state index contributed by atoms with van der Waals surface area (Å²) in [4.78, 5) is 47.8. The lowest BCUT2D eigenvalue weighted by atomic mass is 10.0. The number of carboxylic acids is 1. The third kappa shape index (κ3) is 7.94. The molecule has 1 fully saturated rings. The van der Waals surface area contributed by atoms with Gasteiger partial charge in [-0.2, -0.15) is 0 Å². The Morgan fingerprint density at radius 3 is 2.26 bits per heavy atom. The second kappa shape index (κ2) is 10.9. The van der Waals surface area contributed by atoms with Crippen molar-refractivity contribution < 1.29 is 24.3 Å². The number of aliphatic carboxylic acids is 1. The molecule has 0 radical (unpaired) electrons. The lowest BCUT2D eigenvalue weighted by molar-refractivity contribution is -0.143. The van der Waals surface area contributed by atoms with Gasteiger partial charge in [-0.1, -0.05) is 27.7 Å². The molecule has 9 heteroatoms. The molecule has 27 heavy (non-hydrogen) atoms. The summed E-state index contributed by atoms with van der Waals surface area (Å²) in [5.41, 5.74) is 0. The third-order valence-electron chi connectivity index (χ3n) is 4.39. The highest BCUT2D eigenvalue weighted by atomic mass is 16.4. The molecule has 0 bridgehead atoms. The van der Waals surface area contributed by atoms with Gasteiger partial charge < -0.3 is 26.4 Å². The van der Waals surface area contributed by atoms with E-state index >= 15 is 0 Å². The fourth-order valence-electron chi connectivity index (χ4n) is 2.91. The number of carbonyl (C=O) groups is 4. The number of rotatable bonds is 10. The molecule has 1 aliphatic heterocycles. The van der Waals surface area contributed by atoms with Crippen molar-refractivity contribution in [2.75, 3.05) is 13.1 Å². The Labute approximate surface area is 160 Å². The Morgan fingerprint density at radius 1 is 1.11 bits per heavy atom. The van der Waals surface area contributed by atoms with Crippen LogP contribution in [0.5, 0.6) is 0 Å². The summed E-state index contributed by atoms with van der Waals surface area (Å²) in [7, 11) is 0. The first-order chi connectivity index (χ1) is 12.6. The molecule has 3 atom stereocenters. The third-order valence-corrected chi connectivity index (χ3v) is 4.39. The lowest BCUT2D eigenvalue weighted by Gasteiger charge is -2.22. The van der Waals surface area contributed by atoms with Gasteiger partial charge in [-0.3, -0.25) is 14.4 Å². The summed E-state index contributed by atoms with van der Waals surface area (Å²) in [5.74, 6) is -2.50. The van der Waals surface area contributed by atoms with Gasteiger partial charge in [0.1, 0.15) is 12.1 Å². The van der Waals surface area contributed by atoms with Crippen molar-refractivity contribution in [2.24, 2.45) is 11.8 Å². The van der Waals surface area contributed by atoms with Gasteiger partial charge in [0, 0.05) is 0 Å². The maximum absolute atomic E-state index is 12.4. The van der Waals surface area contributed by atoms with E-state index in [1.807, 2.05) is 13.8 Å². The van der Waals surface area contributed by atoms with E-state index in [1.165, 1.54) is 0 Å². The van der Waals surface area contributed by atoms with Crippen LogP contribution < -0.4 is 21.3 Å². The summed E-state index contributed by atoms with van der Waals surface area (Å²) >= 11 is 0. The largest absolute Gasteiger partial charge is 0.480 e. The number of carboxylic acid groups (broad SMARTS) is 1. The normalized spacial score (nSPS) is 18.8. The van der Waals surface area contributed by atoms with Crippen molar-refractivity contribution >= 4 is 23.7 Å². The van der Waals surface area contributed by atoms with Gasteiger partial charge >= 0.3 is 5.97 Å². The number of carbonyl (C=O) groups excluding carboxylic acids is 3. The fraction of sp³-hybridized carbons (Fsp3) is 0.778. The summed E-state index contributed by atoms with van der Waals surface area (Å²) in [6.45, 7) is 7.67. The van der Waals surface area contributed by atoms with Crippen molar-refractivity contribution in [2.45, 2.75) is 65.1 Å². The van der Waals surface area contributed by atoms with E-state index in [-0.39, 0.29) is 30.3 Å². The summed E-state index contributed by atoms with van der Waals surface area (Å²) in [6.07, 6.45) is 2.09. The van der Waals surface area contributed by atoms with E-state index < -0.39 is 29.9 Å². The molecule has 3 unspecified atom stereocenters. The molecule has 9 nitrogen and oxygen atoms in total. The number of hydrogen-bond acceptors (Lipinski definition) is 5. The molecule has 1 heterocycles. The van der Waals surface area contributed by atoms with Crippen LogP contribution in [0.2, 0.25) is 0 Å². The highest BCUT2D eigenvalue weighted by Gasteiger charge is 2.28. The molecule has 0 saturated carbocycles. The van der Waals surface area contributed by atoms with Crippen LogP contribution in [0.1, 0.15) is 47.0 Å². The standard InChI is InChI=1S/C18H32N4O5/c1-10(2)8-13(21-17(25)12-6-5-7-19-12)16(24)20-9-14(23)22-15(11(3)4)18(26)27/h10-13,15,19H,5-9H2,1-4H3,(H,20,24)(H,21,25)(H,22,23)(H,26,27). The topological polar surface area (TPSA) is 137 Å². The molecule has 1 rings (SSSR count). The highest BCUT2D eigenvalue weighted by Crippen LogP contribution is 2.09. The molecule has 0 aliphatic carbocycles. The van der Waals surface area contributed by atoms with E-state index in [0.717, 1.165) is 19.4 Å². The molecule has 0 aromatic heterocycles. The SMILES string of the molecule is CC(C)CC(NC(=O)C1CCCN1)C(=O)NCC(=O)NC(C(=O)O)C(C)C. The van der Waals surface area contributed by atoms with Gasteiger partial charge in [0.15, 0.2) is 0 Å². The Hall–Kier alpha value is -2.16. The van der Waals surface area contributed by atoms with Gasteiger partial charge in [-0.25, -0.2) is 4.79 Å². The Kier molecular flexibility index (Phi) is 9.20. The zero-order valence-corrected chi connectivity index (χ0v) is 16.5. The molecule has 3 amide bonds. The highest BCUT2D eigenvalue weighted by molar-refractivity contribution is 5.92. The average Bonchev–Trinajstić information content (AvgIpc) is 3.10. The number of nitrogens with one attached hydrogen (secondary N) is 4. The predicted octanol–water partition coefficient (Wildman–Crippen LogP) is -0.389. The molecular formula is C18H32N4O5. The summed E-state index contributed by atoms with van der Waals surface area (Å²) in [6, 6.07) is -2.06. The maximum atomic E-state index is 12.4. The predicted molar refractivity (Wildman–Crippen MR) is 99.8 cm³/mol. The van der Waals surface area contributed by atoms with Crippen molar-refractivity contribution in [1.82, 2.24) is 21.3 Å². The number of amides is 3. The molecule has 0 spiro atoms. The van der Waals surface area contributed by atoms with Crippen LogP contribution in [0.4, 0.5) is 0 Å². The first-order valence-corrected chi connectivity index (χ1v) is 9.45. The summed E-state index contributed by atoms with van der Waals surface area (Å²) in [5, 5.41) is 19.8. The first kappa shape index (κ1) is 22.9. The molecule has 0 aromatic rings. The lowest BCUT2D eigenvalue weighted by Crippen LogP contribution is -2.54. The number of hydrogen-bond donors (Lipinski definition) is 5. The molecule has 1 saturated heterocycles. The molecule has 5 N–H and O–H groups in total. The van der Waals surface area contributed by atoms with Crippen LogP contribution in [0.25, 0.3) is 0 Å². The fourth-order valence-corrected chi connectivity index (χ4v) is 2.91. The van der Waals surface area contributed by atoms with Gasteiger partial charge in [0.05, 0.1) is 12.6 Å². The Morgan fingerprint density at radius 2 is 1.78 bits per heavy atom. The molecular weight excluding hydrogens is 352 g/mol.